The fourth-order valence-electron chi connectivity index (χ4n) is 1.91. The predicted molar refractivity (Wildman–Crippen MR) is 78.9 cm³/mol. The summed E-state index contributed by atoms with van der Waals surface area (Å²) in [4.78, 5) is 26.3. The molecule has 0 saturated heterocycles. The van der Waals surface area contributed by atoms with Crippen molar-refractivity contribution in [2.75, 3.05) is 18.0 Å². The van der Waals surface area contributed by atoms with Crippen LogP contribution in [0.5, 0.6) is 0 Å². The molecule has 1 aromatic carbocycles. The second-order valence-electron chi connectivity index (χ2n) is 4.79. The normalized spacial score (nSPS) is 10.0. The van der Waals surface area contributed by atoms with Gasteiger partial charge in [0.15, 0.2) is 0 Å². The van der Waals surface area contributed by atoms with Crippen LogP contribution in [0.25, 0.3) is 0 Å². The lowest BCUT2D eigenvalue weighted by molar-refractivity contribution is -0.135. The van der Waals surface area contributed by atoms with E-state index in [1.54, 1.807) is 30.3 Å². The third-order valence-electron chi connectivity index (χ3n) is 2.93. The molecule has 6 heteroatoms. The summed E-state index contributed by atoms with van der Waals surface area (Å²) in [6.07, 6.45) is 0.208. The molecule has 0 fully saturated rings. The van der Waals surface area contributed by atoms with Gasteiger partial charge in [0.25, 0.3) is 0 Å². The lowest BCUT2D eigenvalue weighted by atomic mass is 10.2. The number of carbonyl (C=O) groups is 2. The number of carboxylic acids is 1. The summed E-state index contributed by atoms with van der Waals surface area (Å²) in [6, 6.07) is 10.1. The van der Waals surface area contributed by atoms with E-state index in [1.165, 1.54) is 9.80 Å². The zero-order chi connectivity index (χ0) is 15.8. The number of para-hydroxylation sites is 1. The molecule has 1 aromatic rings. The molecular formula is C15H19N3O3. The summed E-state index contributed by atoms with van der Waals surface area (Å²) in [6.45, 7) is 3.52. The van der Waals surface area contributed by atoms with E-state index in [9.17, 15) is 9.59 Å². The van der Waals surface area contributed by atoms with Crippen molar-refractivity contribution in [1.82, 2.24) is 4.90 Å². The topological polar surface area (TPSA) is 84.6 Å². The van der Waals surface area contributed by atoms with Crippen molar-refractivity contribution in [2.24, 2.45) is 0 Å². The molecule has 0 aliphatic carbocycles. The molecule has 0 aliphatic rings. The van der Waals surface area contributed by atoms with Gasteiger partial charge in [0, 0.05) is 18.3 Å². The minimum absolute atomic E-state index is 0.120. The highest BCUT2D eigenvalue weighted by molar-refractivity contribution is 5.96. The summed E-state index contributed by atoms with van der Waals surface area (Å²) in [7, 11) is 0. The third-order valence-corrected chi connectivity index (χ3v) is 2.93. The highest BCUT2D eigenvalue weighted by atomic mass is 16.4. The quantitative estimate of drug-likeness (QED) is 0.871. The Morgan fingerprint density at radius 3 is 2.38 bits per heavy atom. The van der Waals surface area contributed by atoms with E-state index < -0.39 is 18.5 Å². The van der Waals surface area contributed by atoms with Crippen molar-refractivity contribution in [3.05, 3.63) is 30.3 Å². The fourth-order valence-corrected chi connectivity index (χ4v) is 1.91. The van der Waals surface area contributed by atoms with Gasteiger partial charge in [0.05, 0.1) is 12.5 Å². The van der Waals surface area contributed by atoms with Gasteiger partial charge in [-0.3, -0.25) is 9.69 Å². The summed E-state index contributed by atoms with van der Waals surface area (Å²) in [5.74, 6) is -1.09. The molecule has 0 unspecified atom stereocenters. The average molecular weight is 289 g/mol. The van der Waals surface area contributed by atoms with Crippen molar-refractivity contribution >= 4 is 17.7 Å². The summed E-state index contributed by atoms with van der Waals surface area (Å²) in [5.41, 5.74) is 0.521. The summed E-state index contributed by atoms with van der Waals surface area (Å²) < 4.78 is 0. The first-order chi connectivity index (χ1) is 9.97. The molecule has 0 heterocycles. The molecule has 1 N–H and O–H groups in total. The second-order valence-corrected chi connectivity index (χ2v) is 4.79. The average Bonchev–Trinajstić information content (AvgIpc) is 2.45. The van der Waals surface area contributed by atoms with Crippen LogP contribution in [-0.2, 0) is 4.79 Å². The number of nitriles is 1. The maximum atomic E-state index is 12.6. The number of benzene rings is 1. The minimum atomic E-state index is -1.09. The second kappa shape index (κ2) is 7.90. The summed E-state index contributed by atoms with van der Waals surface area (Å²) in [5, 5.41) is 17.7. The number of anilines is 1. The van der Waals surface area contributed by atoms with E-state index in [0.717, 1.165) is 0 Å². The number of urea groups is 1. The first-order valence-corrected chi connectivity index (χ1v) is 6.69. The van der Waals surface area contributed by atoms with Gasteiger partial charge >= 0.3 is 12.0 Å². The van der Waals surface area contributed by atoms with Gasteiger partial charge in [-0.15, -0.1) is 0 Å². The van der Waals surface area contributed by atoms with E-state index in [1.807, 2.05) is 19.9 Å². The number of hydrogen-bond acceptors (Lipinski definition) is 3. The Balaban J connectivity index is 3.03. The highest BCUT2D eigenvalue weighted by Gasteiger charge is 2.25. The Hall–Kier alpha value is -2.55. The maximum Gasteiger partial charge on any atom is 0.325 e. The molecule has 0 bridgehead atoms. The van der Waals surface area contributed by atoms with Gasteiger partial charge in [-0.1, -0.05) is 18.2 Å². The molecule has 6 nitrogen and oxygen atoms in total. The molecule has 21 heavy (non-hydrogen) atoms. The van der Waals surface area contributed by atoms with Gasteiger partial charge < -0.3 is 10.0 Å². The van der Waals surface area contributed by atoms with Crippen LogP contribution in [0.2, 0.25) is 0 Å². The third kappa shape index (κ3) is 4.80. The Morgan fingerprint density at radius 1 is 1.29 bits per heavy atom. The Kier molecular flexibility index (Phi) is 6.21. The molecule has 0 radical (unpaired) electrons. The van der Waals surface area contributed by atoms with Gasteiger partial charge in [0.2, 0.25) is 0 Å². The molecule has 0 atom stereocenters. The van der Waals surface area contributed by atoms with Crippen LogP contribution >= 0.6 is 0 Å². The molecular weight excluding hydrogens is 270 g/mol. The standard InChI is InChI=1S/C15H19N3O3/c1-12(2)17(10-6-9-16)15(21)18(11-14(19)20)13-7-4-3-5-8-13/h3-5,7-8,12H,6,10-11H2,1-2H3,(H,19,20). The molecule has 0 aliphatic heterocycles. The highest BCUT2D eigenvalue weighted by Crippen LogP contribution is 2.16. The molecule has 0 spiro atoms. The van der Waals surface area contributed by atoms with Crippen molar-refractivity contribution in [3.8, 4) is 6.07 Å². The lowest BCUT2D eigenvalue weighted by Gasteiger charge is -2.32. The number of carbonyl (C=O) groups excluding carboxylic acids is 1. The number of rotatable bonds is 6. The van der Waals surface area contributed by atoms with Crippen LogP contribution < -0.4 is 4.90 Å². The SMILES string of the molecule is CC(C)N(CCC#N)C(=O)N(CC(=O)O)c1ccccc1. The first-order valence-electron chi connectivity index (χ1n) is 6.69. The minimum Gasteiger partial charge on any atom is -0.480 e. The van der Waals surface area contributed by atoms with E-state index in [-0.39, 0.29) is 19.0 Å². The van der Waals surface area contributed by atoms with Crippen molar-refractivity contribution in [1.29, 1.82) is 5.26 Å². The molecule has 0 aromatic heterocycles. The first kappa shape index (κ1) is 16.5. The van der Waals surface area contributed by atoms with Crippen LogP contribution in [0.4, 0.5) is 10.5 Å². The van der Waals surface area contributed by atoms with Crippen molar-refractivity contribution in [3.63, 3.8) is 0 Å². The smallest absolute Gasteiger partial charge is 0.325 e. The summed E-state index contributed by atoms with van der Waals surface area (Å²) >= 11 is 0. The van der Waals surface area contributed by atoms with Gasteiger partial charge in [-0.2, -0.15) is 5.26 Å². The monoisotopic (exact) mass is 289 g/mol. The van der Waals surface area contributed by atoms with Crippen LogP contribution in [0.3, 0.4) is 0 Å². The molecule has 0 saturated carbocycles. The van der Waals surface area contributed by atoms with Gasteiger partial charge in [-0.25, -0.2) is 4.79 Å². The molecule has 112 valence electrons. The zero-order valence-electron chi connectivity index (χ0n) is 12.2. The number of aliphatic carboxylic acids is 1. The number of nitrogens with zero attached hydrogens (tertiary/aromatic N) is 3. The fraction of sp³-hybridized carbons (Fsp3) is 0.400. The van der Waals surface area contributed by atoms with Crippen LogP contribution in [0.15, 0.2) is 30.3 Å². The molecule has 1 rings (SSSR count). The molecule has 2 amide bonds. The number of hydrogen-bond donors (Lipinski definition) is 1. The maximum absolute atomic E-state index is 12.6. The van der Waals surface area contributed by atoms with E-state index in [2.05, 4.69) is 0 Å². The number of carboxylic acid groups (broad SMARTS) is 1. The van der Waals surface area contributed by atoms with E-state index >= 15 is 0 Å². The Labute approximate surface area is 124 Å². The van der Waals surface area contributed by atoms with Crippen LogP contribution in [0, 0.1) is 11.3 Å². The van der Waals surface area contributed by atoms with Gasteiger partial charge in [0.1, 0.15) is 6.54 Å². The van der Waals surface area contributed by atoms with Crippen molar-refractivity contribution in [2.45, 2.75) is 26.3 Å². The largest absolute Gasteiger partial charge is 0.480 e. The van der Waals surface area contributed by atoms with Gasteiger partial charge in [-0.05, 0) is 26.0 Å². The Morgan fingerprint density at radius 2 is 1.90 bits per heavy atom. The lowest BCUT2D eigenvalue weighted by Crippen LogP contribution is -2.48. The van der Waals surface area contributed by atoms with Crippen LogP contribution in [-0.4, -0.2) is 41.1 Å². The van der Waals surface area contributed by atoms with Crippen molar-refractivity contribution < 1.29 is 14.7 Å². The van der Waals surface area contributed by atoms with E-state index in [4.69, 9.17) is 10.4 Å². The Bertz CT molecular complexity index is 523. The zero-order valence-corrected chi connectivity index (χ0v) is 12.2. The number of amides is 2. The predicted octanol–water partition coefficient (Wildman–Crippen LogP) is 2.32. The van der Waals surface area contributed by atoms with E-state index in [0.29, 0.717) is 5.69 Å². The van der Waals surface area contributed by atoms with Crippen LogP contribution in [0.1, 0.15) is 20.3 Å².